The standard InChI is InChI=1S/C20H20F5N3O/c1-12(13-6-8-14(21)9-7-13)27(2)15-10-28(11-15)19(29)26-17-5-3-4-16(18(17)22)20(23,24)25/h3-9,12,15H,10-11H2,1-2H3,(H,26,29). The van der Waals surface area contributed by atoms with Gasteiger partial charge in [0.15, 0.2) is 5.82 Å². The van der Waals surface area contributed by atoms with Crippen molar-refractivity contribution in [1.29, 1.82) is 0 Å². The minimum atomic E-state index is -4.84. The van der Waals surface area contributed by atoms with E-state index in [2.05, 4.69) is 5.32 Å². The molecule has 2 amide bonds. The highest BCUT2D eigenvalue weighted by Gasteiger charge is 2.37. The van der Waals surface area contributed by atoms with Gasteiger partial charge >= 0.3 is 12.2 Å². The molecule has 4 nitrogen and oxygen atoms in total. The van der Waals surface area contributed by atoms with Crippen LogP contribution < -0.4 is 5.32 Å². The Hall–Kier alpha value is -2.68. The first-order chi connectivity index (χ1) is 13.6. The number of urea groups is 1. The highest BCUT2D eigenvalue weighted by atomic mass is 19.4. The molecule has 2 aromatic carbocycles. The topological polar surface area (TPSA) is 35.6 Å². The number of anilines is 1. The van der Waals surface area contributed by atoms with E-state index >= 15 is 0 Å². The first kappa shape index (κ1) is 21.0. The van der Waals surface area contributed by atoms with E-state index in [1.807, 2.05) is 18.9 Å². The average molecular weight is 413 g/mol. The predicted molar refractivity (Wildman–Crippen MR) is 98.4 cm³/mol. The molecule has 1 fully saturated rings. The van der Waals surface area contributed by atoms with E-state index in [0.717, 1.165) is 17.7 Å². The summed E-state index contributed by atoms with van der Waals surface area (Å²) in [6, 6.07) is 8.22. The van der Waals surface area contributed by atoms with Crippen LogP contribution in [0.15, 0.2) is 42.5 Å². The van der Waals surface area contributed by atoms with Crippen molar-refractivity contribution in [3.05, 3.63) is 65.2 Å². The maximum Gasteiger partial charge on any atom is 0.419 e. The Kier molecular flexibility index (Phi) is 5.79. The van der Waals surface area contributed by atoms with Gasteiger partial charge in [-0.05, 0) is 43.8 Å². The van der Waals surface area contributed by atoms with Gasteiger partial charge in [0.05, 0.1) is 11.3 Å². The first-order valence-corrected chi connectivity index (χ1v) is 8.97. The van der Waals surface area contributed by atoms with Crippen LogP contribution in [0, 0.1) is 11.6 Å². The van der Waals surface area contributed by atoms with Crippen molar-refractivity contribution in [1.82, 2.24) is 9.80 Å². The van der Waals surface area contributed by atoms with Crippen LogP contribution in [-0.4, -0.2) is 42.0 Å². The van der Waals surface area contributed by atoms with Gasteiger partial charge in [0, 0.05) is 25.2 Å². The Morgan fingerprint density at radius 2 is 1.76 bits per heavy atom. The maximum absolute atomic E-state index is 14.1. The van der Waals surface area contributed by atoms with Gasteiger partial charge in [0.25, 0.3) is 0 Å². The predicted octanol–water partition coefficient (Wildman–Crippen LogP) is 4.89. The number of amides is 2. The molecule has 1 unspecified atom stereocenters. The number of carbonyl (C=O) groups is 1. The van der Waals surface area contributed by atoms with Gasteiger partial charge in [-0.2, -0.15) is 13.2 Å². The lowest BCUT2D eigenvalue weighted by Crippen LogP contribution is -2.61. The van der Waals surface area contributed by atoms with Gasteiger partial charge in [0.2, 0.25) is 0 Å². The largest absolute Gasteiger partial charge is 0.419 e. The number of carbonyl (C=O) groups excluding carboxylic acids is 1. The molecular formula is C20H20F5N3O. The summed E-state index contributed by atoms with van der Waals surface area (Å²) < 4.78 is 65.5. The summed E-state index contributed by atoms with van der Waals surface area (Å²) in [6.45, 7) is 2.64. The normalized spacial score (nSPS) is 15.9. The summed E-state index contributed by atoms with van der Waals surface area (Å²) in [7, 11) is 1.88. The van der Waals surface area contributed by atoms with Crippen molar-refractivity contribution >= 4 is 11.7 Å². The second-order valence-corrected chi connectivity index (χ2v) is 7.05. The van der Waals surface area contributed by atoms with Gasteiger partial charge in [-0.1, -0.05) is 18.2 Å². The quantitative estimate of drug-likeness (QED) is 0.725. The lowest BCUT2D eigenvalue weighted by atomic mass is 10.0. The summed E-state index contributed by atoms with van der Waals surface area (Å²) in [5.74, 6) is -1.83. The molecule has 1 N–H and O–H groups in total. The summed E-state index contributed by atoms with van der Waals surface area (Å²) in [4.78, 5) is 15.7. The number of benzene rings is 2. The van der Waals surface area contributed by atoms with Crippen molar-refractivity contribution in [3.63, 3.8) is 0 Å². The highest BCUT2D eigenvalue weighted by Crippen LogP contribution is 2.34. The smallest absolute Gasteiger partial charge is 0.321 e. The molecule has 156 valence electrons. The number of nitrogens with one attached hydrogen (secondary N) is 1. The lowest BCUT2D eigenvalue weighted by molar-refractivity contribution is -0.139. The first-order valence-electron chi connectivity index (χ1n) is 8.97. The van der Waals surface area contributed by atoms with Crippen LogP contribution in [0.2, 0.25) is 0 Å². The molecule has 1 aliphatic rings. The number of alkyl halides is 3. The number of likely N-dealkylation sites (tertiary alicyclic amines) is 1. The number of rotatable bonds is 4. The van der Waals surface area contributed by atoms with Gasteiger partial charge in [-0.3, -0.25) is 4.90 Å². The second kappa shape index (κ2) is 7.98. The fourth-order valence-corrected chi connectivity index (χ4v) is 3.21. The van der Waals surface area contributed by atoms with Crippen LogP contribution in [-0.2, 0) is 6.18 Å². The zero-order chi connectivity index (χ0) is 21.3. The molecule has 0 saturated carbocycles. The van der Waals surface area contributed by atoms with Crippen molar-refractivity contribution in [2.45, 2.75) is 25.2 Å². The Labute approximate surface area is 164 Å². The third-order valence-corrected chi connectivity index (χ3v) is 5.23. The maximum atomic E-state index is 14.1. The minimum Gasteiger partial charge on any atom is -0.321 e. The Morgan fingerprint density at radius 1 is 1.14 bits per heavy atom. The monoisotopic (exact) mass is 413 g/mol. The highest BCUT2D eigenvalue weighted by molar-refractivity contribution is 5.90. The van der Waals surface area contributed by atoms with E-state index in [1.54, 1.807) is 12.1 Å². The number of hydrogen-bond donors (Lipinski definition) is 1. The van der Waals surface area contributed by atoms with Crippen LogP contribution in [0.5, 0.6) is 0 Å². The molecule has 2 aromatic rings. The summed E-state index contributed by atoms with van der Waals surface area (Å²) >= 11 is 0. The number of likely N-dealkylation sites (N-methyl/N-ethyl adjacent to an activating group) is 1. The molecule has 1 saturated heterocycles. The van der Waals surface area contributed by atoms with Crippen LogP contribution in [0.25, 0.3) is 0 Å². The van der Waals surface area contributed by atoms with Crippen LogP contribution in [0.1, 0.15) is 24.1 Å². The molecule has 0 bridgehead atoms. The molecule has 1 heterocycles. The molecule has 0 aliphatic carbocycles. The molecule has 1 atom stereocenters. The van der Waals surface area contributed by atoms with Crippen LogP contribution in [0.4, 0.5) is 32.4 Å². The summed E-state index contributed by atoms with van der Waals surface area (Å²) in [5.41, 5.74) is -1.02. The summed E-state index contributed by atoms with van der Waals surface area (Å²) in [5, 5.41) is 2.20. The van der Waals surface area contributed by atoms with E-state index in [1.165, 1.54) is 17.0 Å². The molecular weight excluding hydrogens is 393 g/mol. The van der Waals surface area contributed by atoms with Crippen molar-refractivity contribution < 1.29 is 26.7 Å². The van der Waals surface area contributed by atoms with E-state index in [4.69, 9.17) is 0 Å². The van der Waals surface area contributed by atoms with Crippen LogP contribution in [0.3, 0.4) is 0 Å². The third-order valence-electron chi connectivity index (χ3n) is 5.23. The van der Waals surface area contributed by atoms with E-state index in [-0.39, 0.29) is 17.9 Å². The SMILES string of the molecule is CC(c1ccc(F)cc1)N(C)C1CN(C(=O)Nc2cccc(C(F)(F)F)c2F)C1. The van der Waals surface area contributed by atoms with Gasteiger partial charge in [-0.25, -0.2) is 13.6 Å². The Bertz CT molecular complexity index is 879. The van der Waals surface area contributed by atoms with Gasteiger partial charge < -0.3 is 10.2 Å². The number of hydrogen-bond acceptors (Lipinski definition) is 2. The summed E-state index contributed by atoms with van der Waals surface area (Å²) in [6.07, 6.45) is -4.84. The second-order valence-electron chi connectivity index (χ2n) is 7.05. The molecule has 3 rings (SSSR count). The third kappa shape index (κ3) is 4.50. The Morgan fingerprint density at radius 3 is 2.34 bits per heavy atom. The van der Waals surface area contributed by atoms with E-state index in [0.29, 0.717) is 19.2 Å². The zero-order valence-corrected chi connectivity index (χ0v) is 15.8. The van der Waals surface area contributed by atoms with E-state index in [9.17, 15) is 26.7 Å². The number of halogens is 5. The minimum absolute atomic E-state index is 0.0205. The van der Waals surface area contributed by atoms with Crippen molar-refractivity contribution in [3.8, 4) is 0 Å². The van der Waals surface area contributed by atoms with E-state index < -0.39 is 29.3 Å². The van der Waals surface area contributed by atoms with Crippen LogP contribution >= 0.6 is 0 Å². The fraction of sp³-hybridized carbons (Fsp3) is 0.350. The Balaban J connectivity index is 1.58. The molecule has 1 aliphatic heterocycles. The fourth-order valence-electron chi connectivity index (χ4n) is 3.21. The average Bonchev–Trinajstić information content (AvgIpc) is 2.61. The molecule has 29 heavy (non-hydrogen) atoms. The molecule has 0 radical (unpaired) electrons. The van der Waals surface area contributed by atoms with Gasteiger partial charge in [0.1, 0.15) is 5.82 Å². The number of nitrogens with zero attached hydrogens (tertiary/aromatic N) is 2. The molecule has 0 aromatic heterocycles. The molecule has 9 heteroatoms. The van der Waals surface area contributed by atoms with Gasteiger partial charge in [-0.15, -0.1) is 0 Å². The zero-order valence-electron chi connectivity index (χ0n) is 15.8. The lowest BCUT2D eigenvalue weighted by Gasteiger charge is -2.46. The molecule has 0 spiro atoms. The van der Waals surface area contributed by atoms with Crippen molar-refractivity contribution in [2.75, 3.05) is 25.5 Å². The van der Waals surface area contributed by atoms with Crippen molar-refractivity contribution in [2.24, 2.45) is 0 Å².